The maximum atomic E-state index is 13.7. The van der Waals surface area contributed by atoms with Crippen molar-refractivity contribution in [2.75, 3.05) is 39.3 Å². The van der Waals surface area contributed by atoms with Crippen molar-refractivity contribution in [2.24, 2.45) is 11.8 Å². The van der Waals surface area contributed by atoms with E-state index in [1.165, 1.54) is 19.3 Å². The summed E-state index contributed by atoms with van der Waals surface area (Å²) in [5.41, 5.74) is 2.13. The molecule has 8 nitrogen and oxygen atoms in total. The number of nitrogens with zero attached hydrogens (tertiary/aromatic N) is 4. The number of fused-ring (bicyclic) bond motifs is 1. The Morgan fingerprint density at radius 3 is 2.25 bits per heavy atom. The van der Waals surface area contributed by atoms with E-state index in [4.69, 9.17) is 4.74 Å². The number of hydrogen-bond acceptors (Lipinski definition) is 6. The Hall–Kier alpha value is -2.74. The quantitative estimate of drug-likeness (QED) is 0.188. The number of imidazole rings is 1. The van der Waals surface area contributed by atoms with E-state index in [0.717, 1.165) is 57.5 Å². The fraction of sp³-hybridized carbons (Fsp3) is 0.688. The summed E-state index contributed by atoms with van der Waals surface area (Å²) in [5, 5.41) is 0. The van der Waals surface area contributed by atoms with Gasteiger partial charge in [-0.25, -0.2) is 4.98 Å². The van der Waals surface area contributed by atoms with Gasteiger partial charge < -0.3 is 19.1 Å². The molecule has 1 saturated heterocycles. The molecule has 0 N–H and O–H groups in total. The van der Waals surface area contributed by atoms with Gasteiger partial charge in [0.15, 0.2) is 11.6 Å². The Balaban J connectivity index is 1.87. The number of amides is 1. The van der Waals surface area contributed by atoms with Crippen molar-refractivity contribution in [1.82, 2.24) is 19.4 Å². The van der Waals surface area contributed by atoms with Crippen LogP contribution in [0.2, 0.25) is 0 Å². The van der Waals surface area contributed by atoms with E-state index in [1.807, 2.05) is 27.7 Å². The monoisotopic (exact) mass is 554 g/mol. The third-order valence-corrected chi connectivity index (χ3v) is 7.65. The highest BCUT2D eigenvalue weighted by atomic mass is 16.5. The van der Waals surface area contributed by atoms with Gasteiger partial charge in [0.1, 0.15) is 0 Å². The molecule has 0 bridgehead atoms. The molecule has 1 aliphatic heterocycles. The number of ketones is 1. The van der Waals surface area contributed by atoms with Crippen LogP contribution in [0.5, 0.6) is 0 Å². The SMILES string of the molecule is CCOC(=O)CCC(=O)c1nc2ccc(C(=O)N(CCC(C)C)CCC(C)C)cc2n1CCCN1CCCCC1. The van der Waals surface area contributed by atoms with Crippen LogP contribution in [-0.4, -0.2) is 76.3 Å². The maximum Gasteiger partial charge on any atom is 0.306 e. The first-order valence-electron chi connectivity index (χ1n) is 15.4. The van der Waals surface area contributed by atoms with Gasteiger partial charge in [0.2, 0.25) is 0 Å². The summed E-state index contributed by atoms with van der Waals surface area (Å²) >= 11 is 0. The number of aromatic nitrogens is 2. The van der Waals surface area contributed by atoms with Crippen LogP contribution in [0, 0.1) is 11.8 Å². The van der Waals surface area contributed by atoms with Gasteiger partial charge in [0.25, 0.3) is 5.91 Å². The van der Waals surface area contributed by atoms with Crippen LogP contribution in [0.1, 0.15) is 107 Å². The van der Waals surface area contributed by atoms with Crippen LogP contribution >= 0.6 is 0 Å². The van der Waals surface area contributed by atoms with E-state index in [0.29, 0.717) is 41.9 Å². The van der Waals surface area contributed by atoms with Crippen molar-refractivity contribution >= 4 is 28.7 Å². The molecule has 2 heterocycles. The van der Waals surface area contributed by atoms with Crippen LogP contribution in [0.4, 0.5) is 0 Å². The molecule has 0 aliphatic carbocycles. The molecule has 0 atom stereocenters. The number of carbonyl (C=O) groups excluding carboxylic acids is 3. The molecule has 1 aliphatic rings. The van der Waals surface area contributed by atoms with Crippen molar-refractivity contribution in [1.29, 1.82) is 0 Å². The first-order chi connectivity index (χ1) is 19.2. The van der Waals surface area contributed by atoms with Crippen molar-refractivity contribution in [2.45, 2.75) is 92.5 Å². The van der Waals surface area contributed by atoms with Crippen molar-refractivity contribution in [3.63, 3.8) is 0 Å². The van der Waals surface area contributed by atoms with E-state index in [9.17, 15) is 14.4 Å². The van der Waals surface area contributed by atoms with Crippen LogP contribution < -0.4 is 0 Å². The average Bonchev–Trinajstić information content (AvgIpc) is 3.29. The highest BCUT2D eigenvalue weighted by Gasteiger charge is 2.22. The third kappa shape index (κ3) is 9.43. The van der Waals surface area contributed by atoms with E-state index < -0.39 is 0 Å². The van der Waals surface area contributed by atoms with Crippen molar-refractivity contribution in [3.05, 3.63) is 29.6 Å². The van der Waals surface area contributed by atoms with E-state index in [-0.39, 0.29) is 30.5 Å². The zero-order valence-electron chi connectivity index (χ0n) is 25.4. The van der Waals surface area contributed by atoms with Gasteiger partial charge in [-0.1, -0.05) is 34.1 Å². The molecule has 1 aromatic heterocycles. The van der Waals surface area contributed by atoms with Gasteiger partial charge in [-0.2, -0.15) is 0 Å². The second-order valence-electron chi connectivity index (χ2n) is 11.9. The summed E-state index contributed by atoms with van der Waals surface area (Å²) in [6, 6.07) is 5.60. The smallest absolute Gasteiger partial charge is 0.306 e. The molecule has 0 radical (unpaired) electrons. The minimum atomic E-state index is -0.376. The molecular weight excluding hydrogens is 504 g/mol. The molecule has 0 saturated carbocycles. The van der Waals surface area contributed by atoms with E-state index >= 15 is 0 Å². The summed E-state index contributed by atoms with van der Waals surface area (Å²) in [4.78, 5) is 48.0. The number of hydrogen-bond donors (Lipinski definition) is 0. The Bertz CT molecular complexity index is 1110. The molecule has 8 heteroatoms. The van der Waals surface area contributed by atoms with Gasteiger partial charge in [0, 0.05) is 31.6 Å². The summed E-state index contributed by atoms with van der Waals surface area (Å²) in [7, 11) is 0. The number of Topliss-reactive ketones (excluding diaryl/α,β-unsaturated/α-hetero) is 1. The first-order valence-corrected chi connectivity index (χ1v) is 15.4. The van der Waals surface area contributed by atoms with Crippen LogP contribution in [0.25, 0.3) is 11.0 Å². The van der Waals surface area contributed by atoms with Gasteiger partial charge in [-0.3, -0.25) is 14.4 Å². The minimum Gasteiger partial charge on any atom is -0.466 e. The molecule has 2 aromatic rings. The zero-order chi connectivity index (χ0) is 29.1. The summed E-state index contributed by atoms with van der Waals surface area (Å²) in [6.07, 6.45) is 6.66. The number of carbonyl (C=O) groups is 3. The number of aryl methyl sites for hydroxylation is 1. The number of benzene rings is 1. The zero-order valence-corrected chi connectivity index (χ0v) is 25.4. The number of rotatable bonds is 16. The molecule has 0 unspecified atom stereocenters. The van der Waals surface area contributed by atoms with E-state index in [1.54, 1.807) is 6.92 Å². The highest BCUT2D eigenvalue weighted by Crippen LogP contribution is 2.22. The highest BCUT2D eigenvalue weighted by molar-refractivity contribution is 6.00. The van der Waals surface area contributed by atoms with Gasteiger partial charge >= 0.3 is 5.97 Å². The Labute approximate surface area is 240 Å². The molecule has 0 spiro atoms. The van der Waals surface area contributed by atoms with Crippen LogP contribution in [-0.2, 0) is 16.1 Å². The Kier molecular flexibility index (Phi) is 12.6. The lowest BCUT2D eigenvalue weighted by molar-refractivity contribution is -0.143. The summed E-state index contributed by atoms with van der Waals surface area (Å²) in [6.45, 7) is 16.1. The van der Waals surface area contributed by atoms with Crippen molar-refractivity contribution < 1.29 is 19.1 Å². The third-order valence-electron chi connectivity index (χ3n) is 7.65. The first kappa shape index (κ1) is 31.8. The molecule has 222 valence electrons. The molecule has 40 heavy (non-hydrogen) atoms. The topological polar surface area (TPSA) is 84.7 Å². The lowest BCUT2D eigenvalue weighted by Crippen LogP contribution is -2.34. The van der Waals surface area contributed by atoms with Crippen molar-refractivity contribution in [3.8, 4) is 0 Å². The Morgan fingerprint density at radius 1 is 0.950 bits per heavy atom. The average molecular weight is 555 g/mol. The molecule has 1 aromatic carbocycles. The van der Waals surface area contributed by atoms with Gasteiger partial charge in [-0.15, -0.1) is 0 Å². The molecular formula is C32H50N4O4. The van der Waals surface area contributed by atoms with Gasteiger partial charge in [0.05, 0.1) is 24.1 Å². The van der Waals surface area contributed by atoms with Crippen LogP contribution in [0.3, 0.4) is 0 Å². The molecule has 1 fully saturated rings. The fourth-order valence-corrected chi connectivity index (χ4v) is 5.22. The largest absolute Gasteiger partial charge is 0.466 e. The fourth-order valence-electron chi connectivity index (χ4n) is 5.22. The van der Waals surface area contributed by atoms with E-state index in [2.05, 4.69) is 37.6 Å². The lowest BCUT2D eigenvalue weighted by Gasteiger charge is -2.26. The van der Waals surface area contributed by atoms with Gasteiger partial charge in [-0.05, 0) is 88.7 Å². The summed E-state index contributed by atoms with van der Waals surface area (Å²) < 4.78 is 6.99. The predicted molar refractivity (Wildman–Crippen MR) is 160 cm³/mol. The summed E-state index contributed by atoms with van der Waals surface area (Å²) in [5.74, 6) is 0.867. The lowest BCUT2D eigenvalue weighted by atomic mass is 10.1. The maximum absolute atomic E-state index is 13.7. The predicted octanol–water partition coefficient (Wildman–Crippen LogP) is 5.97. The molecule has 1 amide bonds. The number of ether oxygens (including phenoxy) is 1. The minimum absolute atomic E-state index is 0.0273. The normalized spacial score (nSPS) is 14.3. The second-order valence-corrected chi connectivity index (χ2v) is 11.9. The second kappa shape index (κ2) is 15.9. The number of piperidine rings is 1. The van der Waals surface area contributed by atoms with Crippen LogP contribution in [0.15, 0.2) is 18.2 Å². The Morgan fingerprint density at radius 2 is 1.62 bits per heavy atom. The number of esters is 1. The standard InChI is InChI=1S/C32H50N4O4/c1-6-40-30(38)14-13-29(37)31-33-27-12-11-26(32(39)35(21-15-24(2)3)22-16-25(4)5)23-28(27)36(31)20-10-19-34-17-8-7-9-18-34/h11-12,23-25H,6-10,13-22H2,1-5H3. The molecule has 3 rings (SSSR count). The number of likely N-dealkylation sites (tertiary alicyclic amines) is 1.